The Morgan fingerprint density at radius 2 is 2.00 bits per heavy atom. The molecule has 0 unspecified atom stereocenters. The smallest absolute Gasteiger partial charge is 0.230 e. The lowest BCUT2D eigenvalue weighted by Crippen LogP contribution is -2.16. The van der Waals surface area contributed by atoms with Crippen molar-refractivity contribution < 1.29 is 4.79 Å². The molecule has 0 saturated carbocycles. The predicted molar refractivity (Wildman–Crippen MR) is 103 cm³/mol. The molecule has 3 aromatic rings. The van der Waals surface area contributed by atoms with Gasteiger partial charge in [-0.25, -0.2) is 4.98 Å². The van der Waals surface area contributed by atoms with Gasteiger partial charge in [-0.3, -0.25) is 9.48 Å². The number of nitrogens with zero attached hydrogens (tertiary/aromatic N) is 4. The Bertz CT molecular complexity index is 970. The second-order valence-electron chi connectivity index (χ2n) is 6.69. The minimum absolute atomic E-state index is 0.174. The minimum Gasteiger partial charge on any atom is -0.309 e. The van der Waals surface area contributed by atoms with Crippen molar-refractivity contribution in [1.29, 1.82) is 5.26 Å². The molecule has 0 atom stereocenters. The Morgan fingerprint density at radius 3 is 2.70 bits per heavy atom. The zero-order valence-corrected chi connectivity index (χ0v) is 15.4. The van der Waals surface area contributed by atoms with Crippen molar-refractivity contribution in [3.63, 3.8) is 0 Å². The van der Waals surface area contributed by atoms with E-state index in [1.165, 1.54) is 0 Å². The topological polar surface area (TPSA) is 83.6 Å². The van der Waals surface area contributed by atoms with E-state index in [4.69, 9.17) is 0 Å². The van der Waals surface area contributed by atoms with Crippen LogP contribution >= 0.6 is 0 Å². The number of rotatable bonds is 6. The highest BCUT2D eigenvalue weighted by Gasteiger charge is 2.12. The SMILES string of the molecule is CC(C)c1cnc(NC(=O)Cc2cnn(Cc3ccccc3)c2)c(C#N)c1. The van der Waals surface area contributed by atoms with Crippen LogP contribution in [0.4, 0.5) is 5.82 Å². The average Bonchev–Trinajstić information content (AvgIpc) is 3.09. The largest absolute Gasteiger partial charge is 0.309 e. The molecule has 2 aromatic heterocycles. The summed E-state index contributed by atoms with van der Waals surface area (Å²) in [5.74, 6) is 0.337. The molecule has 6 heteroatoms. The zero-order chi connectivity index (χ0) is 19.2. The number of aromatic nitrogens is 3. The monoisotopic (exact) mass is 359 g/mol. The zero-order valence-electron chi connectivity index (χ0n) is 15.4. The normalized spacial score (nSPS) is 10.6. The molecular formula is C21H21N5O. The van der Waals surface area contributed by atoms with Crippen LogP contribution in [0.15, 0.2) is 55.0 Å². The first kappa shape index (κ1) is 18.3. The van der Waals surface area contributed by atoms with Crippen LogP contribution in [0.5, 0.6) is 0 Å². The summed E-state index contributed by atoms with van der Waals surface area (Å²) in [5.41, 5.74) is 3.28. The molecule has 0 aliphatic rings. The van der Waals surface area contributed by atoms with E-state index in [9.17, 15) is 10.1 Å². The standard InChI is InChI=1S/C21H21N5O/c1-15(2)19-9-18(10-22)21(23-12-19)25-20(27)8-17-11-24-26(14-17)13-16-6-4-3-5-7-16/h3-7,9,11-12,14-15H,8,13H2,1-2H3,(H,23,25,27). The lowest BCUT2D eigenvalue weighted by atomic mass is 10.0. The van der Waals surface area contributed by atoms with E-state index < -0.39 is 0 Å². The third-order valence-electron chi connectivity index (χ3n) is 4.19. The van der Waals surface area contributed by atoms with Crippen molar-refractivity contribution in [3.8, 4) is 6.07 Å². The maximum atomic E-state index is 12.3. The van der Waals surface area contributed by atoms with Gasteiger partial charge in [-0.2, -0.15) is 10.4 Å². The van der Waals surface area contributed by atoms with Crippen molar-refractivity contribution in [3.05, 3.63) is 77.2 Å². The van der Waals surface area contributed by atoms with Gasteiger partial charge in [0.25, 0.3) is 0 Å². The second kappa shape index (κ2) is 8.28. The van der Waals surface area contributed by atoms with Crippen molar-refractivity contribution in [2.24, 2.45) is 0 Å². The van der Waals surface area contributed by atoms with E-state index in [0.717, 1.165) is 16.7 Å². The lowest BCUT2D eigenvalue weighted by Gasteiger charge is -2.09. The predicted octanol–water partition coefficient (Wildman–Crippen LogP) is 3.50. The van der Waals surface area contributed by atoms with Crippen molar-refractivity contribution in [2.75, 3.05) is 5.32 Å². The molecule has 136 valence electrons. The van der Waals surface area contributed by atoms with Crippen molar-refractivity contribution in [1.82, 2.24) is 14.8 Å². The third kappa shape index (κ3) is 4.79. The number of amides is 1. The number of nitrogens with one attached hydrogen (secondary N) is 1. The maximum Gasteiger partial charge on any atom is 0.230 e. The number of carbonyl (C=O) groups excluding carboxylic acids is 1. The van der Waals surface area contributed by atoms with Crippen LogP contribution in [0.2, 0.25) is 0 Å². The van der Waals surface area contributed by atoms with Crippen LogP contribution in [-0.2, 0) is 17.8 Å². The summed E-state index contributed by atoms with van der Waals surface area (Å²) in [6.07, 6.45) is 5.41. The minimum atomic E-state index is -0.226. The van der Waals surface area contributed by atoms with E-state index in [1.54, 1.807) is 23.1 Å². The van der Waals surface area contributed by atoms with Crippen molar-refractivity contribution in [2.45, 2.75) is 32.7 Å². The molecule has 0 radical (unpaired) electrons. The van der Waals surface area contributed by atoms with Crippen molar-refractivity contribution >= 4 is 11.7 Å². The fraction of sp³-hybridized carbons (Fsp3) is 0.238. The van der Waals surface area contributed by atoms with Crippen LogP contribution < -0.4 is 5.32 Å². The molecule has 0 aliphatic heterocycles. The van der Waals surface area contributed by atoms with Gasteiger partial charge in [0, 0.05) is 12.4 Å². The highest BCUT2D eigenvalue weighted by molar-refractivity contribution is 5.92. The van der Waals surface area contributed by atoms with E-state index in [1.807, 2.05) is 50.4 Å². The number of anilines is 1. The van der Waals surface area contributed by atoms with Crippen LogP contribution in [0.3, 0.4) is 0 Å². The fourth-order valence-corrected chi connectivity index (χ4v) is 2.70. The number of nitriles is 1. The lowest BCUT2D eigenvalue weighted by molar-refractivity contribution is -0.115. The number of benzene rings is 1. The first-order chi connectivity index (χ1) is 13.0. The Kier molecular flexibility index (Phi) is 5.62. The Morgan fingerprint density at radius 1 is 1.22 bits per heavy atom. The van der Waals surface area contributed by atoms with E-state index in [-0.39, 0.29) is 18.2 Å². The van der Waals surface area contributed by atoms with E-state index in [0.29, 0.717) is 17.9 Å². The van der Waals surface area contributed by atoms with E-state index >= 15 is 0 Å². The van der Waals surface area contributed by atoms with Crippen LogP contribution in [-0.4, -0.2) is 20.7 Å². The Labute approximate surface area is 158 Å². The summed E-state index contributed by atoms with van der Waals surface area (Å²) in [4.78, 5) is 16.6. The molecule has 0 aliphatic carbocycles. The molecule has 0 saturated heterocycles. The van der Waals surface area contributed by atoms with Gasteiger partial charge < -0.3 is 5.32 Å². The van der Waals surface area contributed by atoms with Gasteiger partial charge in [-0.1, -0.05) is 44.2 Å². The maximum absolute atomic E-state index is 12.3. The third-order valence-corrected chi connectivity index (χ3v) is 4.19. The van der Waals surface area contributed by atoms with Gasteiger partial charge in [0.05, 0.1) is 24.7 Å². The molecule has 1 N–H and O–H groups in total. The van der Waals surface area contributed by atoms with Gasteiger partial charge >= 0.3 is 0 Å². The van der Waals surface area contributed by atoms with Crippen LogP contribution in [0, 0.1) is 11.3 Å². The second-order valence-corrected chi connectivity index (χ2v) is 6.69. The molecule has 2 heterocycles. The summed E-state index contributed by atoms with van der Waals surface area (Å²) in [6, 6.07) is 13.9. The molecule has 6 nitrogen and oxygen atoms in total. The molecular weight excluding hydrogens is 338 g/mol. The molecule has 0 spiro atoms. The fourth-order valence-electron chi connectivity index (χ4n) is 2.70. The van der Waals surface area contributed by atoms with Gasteiger partial charge in [0.2, 0.25) is 5.91 Å². The highest BCUT2D eigenvalue weighted by Crippen LogP contribution is 2.19. The molecule has 1 amide bonds. The first-order valence-corrected chi connectivity index (χ1v) is 8.80. The van der Waals surface area contributed by atoms with Gasteiger partial charge in [0.1, 0.15) is 11.9 Å². The van der Waals surface area contributed by atoms with Crippen LogP contribution in [0.1, 0.15) is 42.0 Å². The molecule has 0 fully saturated rings. The first-order valence-electron chi connectivity index (χ1n) is 8.80. The Hall–Kier alpha value is -3.46. The molecule has 0 bridgehead atoms. The quantitative estimate of drug-likeness (QED) is 0.730. The number of hydrogen-bond donors (Lipinski definition) is 1. The average molecular weight is 359 g/mol. The van der Waals surface area contributed by atoms with E-state index in [2.05, 4.69) is 21.5 Å². The number of hydrogen-bond acceptors (Lipinski definition) is 4. The van der Waals surface area contributed by atoms with Gasteiger partial charge in [-0.15, -0.1) is 0 Å². The summed E-state index contributed by atoms with van der Waals surface area (Å²) in [6.45, 7) is 4.71. The number of pyridine rings is 1. The Balaban J connectivity index is 1.64. The van der Waals surface area contributed by atoms with Gasteiger partial charge in [-0.05, 0) is 28.7 Å². The molecule has 3 rings (SSSR count). The summed E-state index contributed by atoms with van der Waals surface area (Å²) < 4.78 is 1.80. The molecule has 1 aromatic carbocycles. The van der Waals surface area contributed by atoms with Crippen LogP contribution in [0.25, 0.3) is 0 Å². The summed E-state index contributed by atoms with van der Waals surface area (Å²) >= 11 is 0. The summed E-state index contributed by atoms with van der Waals surface area (Å²) in [5, 5.41) is 16.3. The number of carbonyl (C=O) groups is 1. The highest BCUT2D eigenvalue weighted by atomic mass is 16.1. The molecule has 27 heavy (non-hydrogen) atoms. The van der Waals surface area contributed by atoms with Gasteiger partial charge in [0.15, 0.2) is 0 Å². The summed E-state index contributed by atoms with van der Waals surface area (Å²) in [7, 11) is 0.